The zero-order valence-corrected chi connectivity index (χ0v) is 20.0. The normalized spacial score (nSPS) is 22.7. The highest BCUT2D eigenvalue weighted by molar-refractivity contribution is 7.92. The molecule has 1 N–H and O–H groups in total. The maximum absolute atomic E-state index is 13.8. The van der Waals surface area contributed by atoms with Gasteiger partial charge in [-0.2, -0.15) is 0 Å². The summed E-state index contributed by atoms with van der Waals surface area (Å²) in [7, 11) is -1.84. The van der Waals surface area contributed by atoms with Gasteiger partial charge in [0.15, 0.2) is 15.7 Å². The van der Waals surface area contributed by atoms with E-state index >= 15 is 0 Å². The molecule has 2 aromatic rings. The molecule has 0 unspecified atom stereocenters. The van der Waals surface area contributed by atoms with E-state index in [2.05, 4.69) is 15.3 Å². The number of halogens is 2. The Labute approximate surface area is 202 Å². The highest BCUT2D eigenvalue weighted by Gasteiger charge is 2.37. The van der Waals surface area contributed by atoms with Crippen molar-refractivity contribution in [1.82, 2.24) is 9.97 Å². The third kappa shape index (κ3) is 6.21. The van der Waals surface area contributed by atoms with Crippen LogP contribution in [0, 0.1) is 5.92 Å². The van der Waals surface area contributed by atoms with E-state index < -0.39 is 34.0 Å². The number of nitrogens with one attached hydrogen (secondary N) is 1. The Morgan fingerprint density at radius 3 is 2.34 bits per heavy atom. The SMILES string of the molecule is COCCOc1cnc(NC(=O)/C(=C/[C@H]2C[C@@H](F)[C@@H](F)C2)c2ccc(S(=O)(=O)C3CC3)cc2)cn1. The first-order valence-electron chi connectivity index (χ1n) is 11.4. The Hall–Kier alpha value is -2.92. The smallest absolute Gasteiger partial charge is 0.257 e. The van der Waals surface area contributed by atoms with Gasteiger partial charge in [0, 0.05) is 12.7 Å². The van der Waals surface area contributed by atoms with Gasteiger partial charge in [-0.25, -0.2) is 27.2 Å². The maximum Gasteiger partial charge on any atom is 0.257 e. The largest absolute Gasteiger partial charge is 0.474 e. The van der Waals surface area contributed by atoms with E-state index in [9.17, 15) is 22.0 Å². The minimum absolute atomic E-state index is 0.0284. The molecule has 0 aliphatic heterocycles. The monoisotopic (exact) mass is 507 g/mol. The number of aromatic nitrogens is 2. The fraction of sp³-hybridized carbons (Fsp3) is 0.458. The summed E-state index contributed by atoms with van der Waals surface area (Å²) < 4.78 is 62.8. The van der Waals surface area contributed by atoms with E-state index in [0.717, 1.165) is 0 Å². The summed E-state index contributed by atoms with van der Waals surface area (Å²) in [5, 5.41) is 2.28. The number of allylic oxidation sites excluding steroid dienone is 1. The summed E-state index contributed by atoms with van der Waals surface area (Å²) in [6.07, 6.45) is 2.29. The molecule has 1 amide bonds. The molecule has 2 saturated carbocycles. The number of sulfone groups is 1. The third-order valence-corrected chi connectivity index (χ3v) is 8.24. The molecular formula is C24H27F2N3O5S. The Bertz CT molecular complexity index is 1160. The number of anilines is 1. The number of carbonyl (C=O) groups excluding carboxylic acids is 1. The Kier molecular flexibility index (Phi) is 7.75. The molecule has 2 aliphatic carbocycles. The van der Waals surface area contributed by atoms with Gasteiger partial charge in [0.2, 0.25) is 5.88 Å². The lowest BCUT2D eigenvalue weighted by atomic mass is 9.98. The summed E-state index contributed by atoms with van der Waals surface area (Å²) in [4.78, 5) is 21.5. The second kappa shape index (κ2) is 10.8. The maximum atomic E-state index is 13.8. The van der Waals surface area contributed by atoms with Crippen LogP contribution >= 0.6 is 0 Å². The highest BCUT2D eigenvalue weighted by Crippen LogP contribution is 2.36. The average molecular weight is 508 g/mol. The van der Waals surface area contributed by atoms with Crippen LogP contribution in [-0.2, 0) is 19.4 Å². The van der Waals surface area contributed by atoms with E-state index in [-0.39, 0.29) is 40.3 Å². The molecule has 3 atom stereocenters. The lowest BCUT2D eigenvalue weighted by Crippen LogP contribution is -2.16. The molecule has 8 nitrogen and oxygen atoms in total. The van der Waals surface area contributed by atoms with Crippen molar-refractivity contribution in [3.63, 3.8) is 0 Å². The van der Waals surface area contributed by atoms with Crippen molar-refractivity contribution in [3.8, 4) is 5.88 Å². The summed E-state index contributed by atoms with van der Waals surface area (Å²) in [5.41, 5.74) is 0.608. The molecule has 0 bridgehead atoms. The van der Waals surface area contributed by atoms with Crippen LogP contribution in [0.5, 0.6) is 5.88 Å². The van der Waals surface area contributed by atoms with Crippen molar-refractivity contribution in [2.24, 2.45) is 5.92 Å². The summed E-state index contributed by atoms with van der Waals surface area (Å²) in [6, 6.07) is 5.99. The van der Waals surface area contributed by atoms with Crippen LogP contribution in [0.25, 0.3) is 5.57 Å². The van der Waals surface area contributed by atoms with Crippen molar-refractivity contribution in [3.05, 3.63) is 48.3 Å². The van der Waals surface area contributed by atoms with E-state index in [1.807, 2.05) is 0 Å². The summed E-state index contributed by atoms with van der Waals surface area (Å²) in [5.74, 6) is -0.607. The number of nitrogens with zero attached hydrogens (tertiary/aromatic N) is 2. The van der Waals surface area contributed by atoms with Crippen LogP contribution in [0.4, 0.5) is 14.6 Å². The van der Waals surface area contributed by atoms with Crippen LogP contribution in [0.2, 0.25) is 0 Å². The molecule has 1 aromatic heterocycles. The fourth-order valence-electron chi connectivity index (χ4n) is 3.91. The molecule has 188 valence electrons. The van der Waals surface area contributed by atoms with Gasteiger partial charge in [0.25, 0.3) is 5.91 Å². The molecule has 1 aromatic carbocycles. The van der Waals surface area contributed by atoms with Gasteiger partial charge >= 0.3 is 0 Å². The van der Waals surface area contributed by atoms with Crippen LogP contribution < -0.4 is 10.1 Å². The lowest BCUT2D eigenvalue weighted by Gasteiger charge is -2.13. The van der Waals surface area contributed by atoms with Gasteiger partial charge in [-0.05, 0) is 49.3 Å². The van der Waals surface area contributed by atoms with Crippen molar-refractivity contribution in [1.29, 1.82) is 0 Å². The molecule has 35 heavy (non-hydrogen) atoms. The molecule has 2 fully saturated rings. The number of methoxy groups -OCH3 is 1. The lowest BCUT2D eigenvalue weighted by molar-refractivity contribution is -0.111. The minimum Gasteiger partial charge on any atom is -0.474 e. The van der Waals surface area contributed by atoms with Crippen LogP contribution in [0.3, 0.4) is 0 Å². The third-order valence-electron chi connectivity index (χ3n) is 5.96. The Morgan fingerprint density at radius 2 is 1.77 bits per heavy atom. The van der Waals surface area contributed by atoms with Crippen molar-refractivity contribution >= 4 is 27.1 Å². The molecule has 4 rings (SSSR count). The first-order valence-corrected chi connectivity index (χ1v) is 12.9. The number of benzene rings is 1. The Morgan fingerprint density at radius 1 is 1.09 bits per heavy atom. The number of hydrogen-bond acceptors (Lipinski definition) is 7. The second-order valence-electron chi connectivity index (χ2n) is 8.65. The number of alkyl halides is 2. The van der Waals surface area contributed by atoms with E-state index in [1.54, 1.807) is 13.2 Å². The highest BCUT2D eigenvalue weighted by atomic mass is 32.2. The minimum atomic E-state index is -3.38. The predicted molar refractivity (Wildman–Crippen MR) is 125 cm³/mol. The van der Waals surface area contributed by atoms with Crippen molar-refractivity contribution in [2.75, 3.05) is 25.6 Å². The molecule has 0 spiro atoms. The van der Waals surface area contributed by atoms with Gasteiger partial charge < -0.3 is 14.8 Å². The fourth-order valence-corrected chi connectivity index (χ4v) is 5.57. The molecular weight excluding hydrogens is 480 g/mol. The average Bonchev–Trinajstić information content (AvgIpc) is 3.65. The van der Waals surface area contributed by atoms with Crippen molar-refractivity contribution in [2.45, 2.75) is 48.2 Å². The predicted octanol–water partition coefficient (Wildman–Crippen LogP) is 3.55. The van der Waals surface area contributed by atoms with Crippen molar-refractivity contribution < 1.29 is 31.5 Å². The number of amides is 1. The molecule has 0 radical (unpaired) electrons. The second-order valence-corrected chi connectivity index (χ2v) is 10.9. The first kappa shape index (κ1) is 25.2. The van der Waals surface area contributed by atoms with Gasteiger partial charge in [-0.15, -0.1) is 0 Å². The number of hydrogen-bond donors (Lipinski definition) is 1. The standard InChI is InChI=1S/C24H27F2N3O5S/c1-33-8-9-34-23-14-27-22(13-28-23)29-24(30)19(10-15-11-20(25)21(26)12-15)16-2-4-17(5-3-16)35(31,32)18-6-7-18/h2-5,10,13-15,18,20-21H,6-9,11-12H2,1H3,(H,27,29,30)/b19-10+/t15-,20+,21-. The van der Waals surface area contributed by atoms with Gasteiger partial charge in [-0.3, -0.25) is 4.79 Å². The summed E-state index contributed by atoms with van der Waals surface area (Å²) >= 11 is 0. The number of rotatable bonds is 10. The molecule has 1 heterocycles. The zero-order chi connectivity index (χ0) is 25.0. The van der Waals surface area contributed by atoms with Crippen LogP contribution in [0.1, 0.15) is 31.2 Å². The zero-order valence-electron chi connectivity index (χ0n) is 19.2. The number of carbonyl (C=O) groups is 1. The summed E-state index contributed by atoms with van der Waals surface area (Å²) in [6.45, 7) is 0.679. The quantitative estimate of drug-likeness (QED) is 0.387. The number of ether oxygens (including phenoxy) is 2. The van der Waals surface area contributed by atoms with Gasteiger partial charge in [-0.1, -0.05) is 18.2 Å². The van der Waals surface area contributed by atoms with Crippen LogP contribution in [0.15, 0.2) is 47.6 Å². The van der Waals surface area contributed by atoms with E-state index in [4.69, 9.17) is 9.47 Å². The molecule has 0 saturated heterocycles. The Balaban J connectivity index is 1.54. The van der Waals surface area contributed by atoms with Gasteiger partial charge in [0.05, 0.1) is 29.1 Å². The van der Waals surface area contributed by atoms with Gasteiger partial charge in [0.1, 0.15) is 19.0 Å². The molecule has 11 heteroatoms. The first-order chi connectivity index (χ1) is 16.8. The topological polar surface area (TPSA) is 107 Å². The molecule has 2 aliphatic rings. The van der Waals surface area contributed by atoms with E-state index in [1.165, 1.54) is 36.7 Å². The van der Waals surface area contributed by atoms with Crippen LogP contribution in [-0.4, -0.2) is 62.2 Å². The van der Waals surface area contributed by atoms with E-state index in [0.29, 0.717) is 31.6 Å².